The average Bonchev–Trinajstić information content (AvgIpc) is 3.21. The van der Waals surface area contributed by atoms with E-state index in [1.165, 1.54) is 0 Å². The molecular formula is C20H19BrN2O5. The standard InChI is InChI=1S/C20H19BrN2O5/c1-25-14-6-7-18(26-2)16(11-14)19-12-17(23-28-19)20(24)22-8-9-27-15-5-3-4-13(21)10-15/h3-7,10-12H,8-9H2,1-2H3,(H,22,24). The fourth-order valence-electron chi connectivity index (χ4n) is 2.50. The molecule has 2 aromatic carbocycles. The van der Waals surface area contributed by atoms with Gasteiger partial charge in [-0.25, -0.2) is 0 Å². The van der Waals surface area contributed by atoms with Crippen molar-refractivity contribution in [1.82, 2.24) is 10.5 Å². The van der Waals surface area contributed by atoms with Gasteiger partial charge in [0.15, 0.2) is 11.5 Å². The molecule has 0 atom stereocenters. The number of benzene rings is 2. The molecule has 8 heteroatoms. The van der Waals surface area contributed by atoms with Crippen molar-refractivity contribution in [2.45, 2.75) is 0 Å². The smallest absolute Gasteiger partial charge is 0.273 e. The van der Waals surface area contributed by atoms with Gasteiger partial charge in [-0.15, -0.1) is 0 Å². The molecule has 0 unspecified atom stereocenters. The Hall–Kier alpha value is -3.00. The molecule has 1 heterocycles. The summed E-state index contributed by atoms with van der Waals surface area (Å²) in [6.45, 7) is 0.659. The van der Waals surface area contributed by atoms with Gasteiger partial charge >= 0.3 is 0 Å². The van der Waals surface area contributed by atoms with Crippen molar-refractivity contribution in [3.63, 3.8) is 0 Å². The molecule has 1 N–H and O–H groups in total. The first-order chi connectivity index (χ1) is 13.6. The maximum absolute atomic E-state index is 12.3. The minimum absolute atomic E-state index is 0.169. The van der Waals surface area contributed by atoms with Crippen LogP contribution in [-0.2, 0) is 0 Å². The van der Waals surface area contributed by atoms with Crippen LogP contribution in [0.15, 0.2) is 57.5 Å². The van der Waals surface area contributed by atoms with Crippen LogP contribution in [0.4, 0.5) is 0 Å². The summed E-state index contributed by atoms with van der Waals surface area (Å²) in [6, 6.07) is 14.3. The molecule has 1 amide bonds. The number of aromatic nitrogens is 1. The van der Waals surface area contributed by atoms with Gasteiger partial charge in [0.25, 0.3) is 5.91 Å². The number of nitrogens with one attached hydrogen (secondary N) is 1. The SMILES string of the molecule is COc1ccc(OC)c(-c2cc(C(=O)NCCOc3cccc(Br)c3)no2)c1. The number of hydrogen-bond donors (Lipinski definition) is 1. The minimum Gasteiger partial charge on any atom is -0.497 e. The van der Waals surface area contributed by atoms with Gasteiger partial charge in [-0.1, -0.05) is 27.2 Å². The van der Waals surface area contributed by atoms with Crippen molar-refractivity contribution in [3.8, 4) is 28.6 Å². The summed E-state index contributed by atoms with van der Waals surface area (Å²) in [5.41, 5.74) is 0.814. The third-order valence-electron chi connectivity index (χ3n) is 3.87. The van der Waals surface area contributed by atoms with Crippen molar-refractivity contribution in [2.24, 2.45) is 0 Å². The number of amides is 1. The fraction of sp³-hybridized carbons (Fsp3) is 0.200. The predicted molar refractivity (Wildman–Crippen MR) is 107 cm³/mol. The van der Waals surface area contributed by atoms with E-state index in [1.807, 2.05) is 24.3 Å². The number of halogens is 1. The topological polar surface area (TPSA) is 82.8 Å². The molecule has 3 rings (SSSR count). The van der Waals surface area contributed by atoms with E-state index in [2.05, 4.69) is 26.4 Å². The van der Waals surface area contributed by atoms with Crippen molar-refractivity contribution in [1.29, 1.82) is 0 Å². The zero-order valence-electron chi connectivity index (χ0n) is 15.4. The first-order valence-electron chi connectivity index (χ1n) is 8.46. The van der Waals surface area contributed by atoms with E-state index in [4.69, 9.17) is 18.7 Å². The summed E-state index contributed by atoms with van der Waals surface area (Å²) >= 11 is 3.38. The number of nitrogens with zero attached hydrogens (tertiary/aromatic N) is 1. The van der Waals surface area contributed by atoms with E-state index in [-0.39, 0.29) is 11.6 Å². The maximum atomic E-state index is 12.3. The normalized spacial score (nSPS) is 10.4. The molecule has 3 aromatic rings. The van der Waals surface area contributed by atoms with E-state index in [0.29, 0.717) is 36.0 Å². The molecule has 0 fully saturated rings. The van der Waals surface area contributed by atoms with Gasteiger partial charge in [-0.3, -0.25) is 4.79 Å². The van der Waals surface area contributed by atoms with Gasteiger partial charge in [0.2, 0.25) is 0 Å². The van der Waals surface area contributed by atoms with Crippen LogP contribution in [0.2, 0.25) is 0 Å². The van der Waals surface area contributed by atoms with Gasteiger partial charge in [-0.05, 0) is 36.4 Å². The lowest BCUT2D eigenvalue weighted by molar-refractivity contribution is 0.0938. The molecule has 0 aliphatic rings. The van der Waals surface area contributed by atoms with Crippen LogP contribution in [0.1, 0.15) is 10.5 Å². The van der Waals surface area contributed by atoms with E-state index < -0.39 is 0 Å². The lowest BCUT2D eigenvalue weighted by Gasteiger charge is -2.07. The van der Waals surface area contributed by atoms with Crippen LogP contribution < -0.4 is 19.5 Å². The Bertz CT molecular complexity index is 957. The van der Waals surface area contributed by atoms with Gasteiger partial charge in [0.05, 0.1) is 26.3 Å². The highest BCUT2D eigenvalue weighted by Gasteiger charge is 2.17. The molecule has 0 radical (unpaired) electrons. The number of rotatable bonds is 8. The molecule has 1 aromatic heterocycles. The number of methoxy groups -OCH3 is 2. The van der Waals surface area contributed by atoms with E-state index >= 15 is 0 Å². The first-order valence-corrected chi connectivity index (χ1v) is 9.25. The van der Waals surface area contributed by atoms with Crippen LogP contribution in [0.25, 0.3) is 11.3 Å². The van der Waals surface area contributed by atoms with E-state index in [9.17, 15) is 4.79 Å². The first kappa shape index (κ1) is 19.8. The zero-order chi connectivity index (χ0) is 19.9. The average molecular weight is 447 g/mol. The van der Waals surface area contributed by atoms with Gasteiger partial charge in [0, 0.05) is 10.5 Å². The van der Waals surface area contributed by atoms with Crippen molar-refractivity contribution in [2.75, 3.05) is 27.4 Å². The Morgan fingerprint density at radius 2 is 1.96 bits per heavy atom. The summed E-state index contributed by atoms with van der Waals surface area (Å²) in [6.07, 6.45) is 0. The monoisotopic (exact) mass is 446 g/mol. The van der Waals surface area contributed by atoms with Crippen LogP contribution in [0.5, 0.6) is 17.2 Å². The van der Waals surface area contributed by atoms with Gasteiger partial charge < -0.3 is 24.1 Å². The number of carbonyl (C=O) groups is 1. The molecule has 28 heavy (non-hydrogen) atoms. The summed E-state index contributed by atoms with van der Waals surface area (Å²) in [7, 11) is 3.13. The van der Waals surface area contributed by atoms with E-state index in [1.54, 1.807) is 38.5 Å². The lowest BCUT2D eigenvalue weighted by Crippen LogP contribution is -2.28. The second-order valence-corrected chi connectivity index (χ2v) is 6.62. The fourth-order valence-corrected chi connectivity index (χ4v) is 2.87. The van der Waals surface area contributed by atoms with Crippen LogP contribution in [0, 0.1) is 0 Å². The number of hydrogen-bond acceptors (Lipinski definition) is 6. The summed E-state index contributed by atoms with van der Waals surface area (Å²) < 4.78 is 22.4. The van der Waals surface area contributed by atoms with Crippen molar-refractivity contribution in [3.05, 3.63) is 58.7 Å². The third-order valence-corrected chi connectivity index (χ3v) is 4.36. The Labute approximate surface area is 170 Å². The molecule has 0 saturated heterocycles. The number of ether oxygens (including phenoxy) is 3. The third kappa shape index (κ3) is 4.83. The highest BCUT2D eigenvalue weighted by molar-refractivity contribution is 9.10. The maximum Gasteiger partial charge on any atom is 0.273 e. The Morgan fingerprint density at radius 3 is 2.71 bits per heavy atom. The molecule has 7 nitrogen and oxygen atoms in total. The summed E-state index contributed by atoms with van der Waals surface area (Å²) in [4.78, 5) is 12.3. The number of carbonyl (C=O) groups excluding carboxylic acids is 1. The Kier molecular flexibility index (Phi) is 6.54. The molecule has 0 aliphatic carbocycles. The van der Waals surface area contributed by atoms with Gasteiger partial charge in [-0.2, -0.15) is 0 Å². The molecule has 0 saturated carbocycles. The van der Waals surface area contributed by atoms with Crippen LogP contribution in [-0.4, -0.2) is 38.4 Å². The molecule has 0 bridgehead atoms. The Balaban J connectivity index is 1.60. The molecule has 0 spiro atoms. The van der Waals surface area contributed by atoms with Crippen molar-refractivity contribution < 1.29 is 23.5 Å². The van der Waals surface area contributed by atoms with Crippen molar-refractivity contribution >= 4 is 21.8 Å². The quantitative estimate of drug-likeness (QED) is 0.527. The molecule has 146 valence electrons. The van der Waals surface area contributed by atoms with Crippen LogP contribution >= 0.6 is 15.9 Å². The zero-order valence-corrected chi connectivity index (χ0v) is 17.0. The Morgan fingerprint density at radius 1 is 1.11 bits per heavy atom. The molecule has 0 aliphatic heterocycles. The summed E-state index contributed by atoms with van der Waals surface area (Å²) in [5, 5.41) is 6.59. The van der Waals surface area contributed by atoms with Crippen LogP contribution in [0.3, 0.4) is 0 Å². The summed E-state index contributed by atoms with van der Waals surface area (Å²) in [5.74, 6) is 2.01. The second kappa shape index (κ2) is 9.27. The van der Waals surface area contributed by atoms with E-state index in [0.717, 1.165) is 10.2 Å². The largest absolute Gasteiger partial charge is 0.497 e. The predicted octanol–water partition coefficient (Wildman–Crippen LogP) is 3.93. The second-order valence-electron chi connectivity index (χ2n) is 5.70. The van der Waals surface area contributed by atoms with Gasteiger partial charge in [0.1, 0.15) is 23.9 Å². The highest BCUT2D eigenvalue weighted by atomic mass is 79.9. The minimum atomic E-state index is -0.352. The lowest BCUT2D eigenvalue weighted by atomic mass is 10.1. The molecular weight excluding hydrogens is 428 g/mol. The highest BCUT2D eigenvalue weighted by Crippen LogP contribution is 2.33.